The van der Waals surface area contributed by atoms with E-state index in [9.17, 15) is 9.59 Å². The Bertz CT molecular complexity index is 924. The fourth-order valence-corrected chi connectivity index (χ4v) is 4.65. The fraction of sp³-hybridized carbons (Fsp3) is 0.458. The van der Waals surface area contributed by atoms with E-state index in [1.807, 2.05) is 34.2 Å². The minimum absolute atomic E-state index is 0.0564. The highest BCUT2D eigenvalue weighted by atomic mass is 16.2. The van der Waals surface area contributed by atoms with E-state index >= 15 is 0 Å². The van der Waals surface area contributed by atoms with Crippen molar-refractivity contribution in [1.29, 1.82) is 0 Å². The van der Waals surface area contributed by atoms with Gasteiger partial charge in [-0.2, -0.15) is 0 Å². The third-order valence-electron chi connectivity index (χ3n) is 6.88. The van der Waals surface area contributed by atoms with Crippen LogP contribution in [0, 0.1) is 11.8 Å². The van der Waals surface area contributed by atoms with E-state index in [4.69, 9.17) is 0 Å². The van der Waals surface area contributed by atoms with Crippen molar-refractivity contribution in [3.05, 3.63) is 59.9 Å². The van der Waals surface area contributed by atoms with Crippen LogP contribution in [0.1, 0.15) is 42.7 Å². The second-order valence-corrected chi connectivity index (χ2v) is 9.03. The highest BCUT2D eigenvalue weighted by Gasteiger charge is 2.43. The lowest BCUT2D eigenvalue weighted by Gasteiger charge is -2.39. The number of benzene rings is 1. The summed E-state index contributed by atoms with van der Waals surface area (Å²) in [7, 11) is 0. The number of carbonyl (C=O) groups excluding carboxylic acids is 2. The van der Waals surface area contributed by atoms with E-state index in [2.05, 4.69) is 35.4 Å². The Balaban J connectivity index is 1.12. The number of carbonyl (C=O) groups is 2. The van der Waals surface area contributed by atoms with Gasteiger partial charge in [-0.1, -0.05) is 25.1 Å². The molecule has 3 unspecified atom stereocenters. The zero-order valence-electron chi connectivity index (χ0n) is 17.3. The molecule has 5 rings (SSSR count). The molecule has 6 nitrogen and oxygen atoms in total. The summed E-state index contributed by atoms with van der Waals surface area (Å²) in [6.45, 7) is 5.28. The normalized spacial score (nSPS) is 25.7. The fourth-order valence-electron chi connectivity index (χ4n) is 4.65. The SMILES string of the molecule is CC1CC1C(=O)N1CCC(c2ccc(NC(=O)N3CC(c4cccnc4)C3)cc2)C1. The molecule has 156 valence electrons. The second kappa shape index (κ2) is 7.74. The van der Waals surface area contributed by atoms with Crippen molar-refractivity contribution < 1.29 is 9.59 Å². The Morgan fingerprint density at radius 2 is 1.73 bits per heavy atom. The van der Waals surface area contributed by atoms with Gasteiger partial charge in [-0.15, -0.1) is 0 Å². The minimum Gasteiger partial charge on any atom is -0.342 e. The average Bonchev–Trinajstić information content (AvgIpc) is 3.25. The maximum atomic E-state index is 12.5. The molecule has 0 spiro atoms. The van der Waals surface area contributed by atoms with E-state index in [0.29, 0.717) is 23.7 Å². The molecule has 30 heavy (non-hydrogen) atoms. The van der Waals surface area contributed by atoms with Crippen molar-refractivity contribution in [3.63, 3.8) is 0 Å². The molecule has 0 radical (unpaired) electrons. The predicted molar refractivity (Wildman–Crippen MR) is 115 cm³/mol. The van der Waals surface area contributed by atoms with Gasteiger partial charge in [0.05, 0.1) is 0 Å². The van der Waals surface area contributed by atoms with Gasteiger partial charge in [-0.3, -0.25) is 9.78 Å². The topological polar surface area (TPSA) is 65.5 Å². The lowest BCUT2D eigenvalue weighted by molar-refractivity contribution is -0.131. The van der Waals surface area contributed by atoms with Gasteiger partial charge >= 0.3 is 6.03 Å². The van der Waals surface area contributed by atoms with Gasteiger partial charge < -0.3 is 15.1 Å². The Morgan fingerprint density at radius 1 is 1.00 bits per heavy atom. The Kier molecular flexibility index (Phi) is 4.93. The smallest absolute Gasteiger partial charge is 0.321 e. The lowest BCUT2D eigenvalue weighted by atomic mass is 9.93. The van der Waals surface area contributed by atoms with Crippen molar-refractivity contribution in [3.8, 4) is 0 Å². The van der Waals surface area contributed by atoms with Crippen LogP contribution in [0.5, 0.6) is 0 Å². The summed E-state index contributed by atoms with van der Waals surface area (Å²) < 4.78 is 0. The predicted octanol–water partition coefficient (Wildman–Crippen LogP) is 3.68. The molecule has 1 N–H and O–H groups in total. The molecule has 1 aromatic heterocycles. The molecule has 3 amide bonds. The van der Waals surface area contributed by atoms with Gasteiger partial charge in [0.2, 0.25) is 5.91 Å². The van der Waals surface area contributed by atoms with Crippen LogP contribution in [0.25, 0.3) is 0 Å². The van der Waals surface area contributed by atoms with E-state index in [-0.39, 0.29) is 11.9 Å². The number of anilines is 1. The number of rotatable bonds is 4. The van der Waals surface area contributed by atoms with Crippen LogP contribution < -0.4 is 5.32 Å². The summed E-state index contributed by atoms with van der Waals surface area (Å²) in [5.41, 5.74) is 3.24. The van der Waals surface area contributed by atoms with E-state index in [1.165, 1.54) is 11.1 Å². The molecule has 3 aliphatic rings. The molecule has 3 fully saturated rings. The van der Waals surface area contributed by atoms with Gasteiger partial charge in [-0.25, -0.2) is 4.79 Å². The summed E-state index contributed by atoms with van der Waals surface area (Å²) in [5.74, 6) is 1.93. The van der Waals surface area contributed by atoms with Crippen LogP contribution in [0.4, 0.5) is 10.5 Å². The van der Waals surface area contributed by atoms with Gasteiger partial charge in [0.25, 0.3) is 0 Å². The zero-order valence-corrected chi connectivity index (χ0v) is 17.3. The average molecular weight is 405 g/mol. The van der Waals surface area contributed by atoms with Crippen molar-refractivity contribution in [1.82, 2.24) is 14.8 Å². The van der Waals surface area contributed by atoms with Crippen LogP contribution in [-0.2, 0) is 4.79 Å². The summed E-state index contributed by atoms with van der Waals surface area (Å²) in [5, 5.41) is 3.00. The summed E-state index contributed by atoms with van der Waals surface area (Å²) in [6, 6.07) is 12.1. The summed E-state index contributed by atoms with van der Waals surface area (Å²) in [4.78, 5) is 33.0. The number of nitrogens with one attached hydrogen (secondary N) is 1. The molecule has 2 aliphatic heterocycles. The monoisotopic (exact) mass is 404 g/mol. The van der Waals surface area contributed by atoms with Gasteiger partial charge in [0.15, 0.2) is 0 Å². The first-order valence-corrected chi connectivity index (χ1v) is 10.9. The Hall–Kier alpha value is -2.89. The van der Waals surface area contributed by atoms with Crippen molar-refractivity contribution in [2.75, 3.05) is 31.5 Å². The second-order valence-electron chi connectivity index (χ2n) is 9.03. The Morgan fingerprint density at radius 3 is 2.40 bits per heavy atom. The highest BCUT2D eigenvalue weighted by Crippen LogP contribution is 2.41. The highest BCUT2D eigenvalue weighted by molar-refractivity contribution is 5.90. The number of urea groups is 1. The molecular formula is C24H28N4O2. The lowest BCUT2D eigenvalue weighted by Crippen LogP contribution is -2.50. The Labute approximate surface area is 177 Å². The number of pyridine rings is 1. The quantitative estimate of drug-likeness (QED) is 0.845. The number of hydrogen-bond acceptors (Lipinski definition) is 3. The molecule has 6 heteroatoms. The van der Waals surface area contributed by atoms with Gasteiger partial charge in [0, 0.05) is 62.0 Å². The molecule has 1 aromatic carbocycles. The number of amides is 3. The standard InChI is InChI=1S/C24H28N4O2/c1-16-11-22(16)23(29)27-10-8-19(13-27)17-4-6-21(7-5-17)26-24(30)28-14-20(15-28)18-3-2-9-25-12-18/h2-7,9,12,16,19-20,22H,8,10-11,13-15H2,1H3,(H,26,30). The number of likely N-dealkylation sites (tertiary alicyclic amines) is 2. The van der Waals surface area contributed by atoms with Crippen LogP contribution in [0.3, 0.4) is 0 Å². The maximum Gasteiger partial charge on any atom is 0.321 e. The molecule has 3 atom stereocenters. The molecular weight excluding hydrogens is 376 g/mol. The summed E-state index contributed by atoms with van der Waals surface area (Å²) >= 11 is 0. The molecule has 0 bridgehead atoms. The third kappa shape index (κ3) is 3.78. The zero-order chi connectivity index (χ0) is 20.7. The van der Waals surface area contributed by atoms with Crippen molar-refractivity contribution >= 4 is 17.6 Å². The first-order valence-electron chi connectivity index (χ1n) is 10.9. The minimum atomic E-state index is -0.0564. The van der Waals surface area contributed by atoms with Crippen LogP contribution in [-0.4, -0.2) is 52.9 Å². The largest absolute Gasteiger partial charge is 0.342 e. The van der Waals surface area contributed by atoms with Crippen LogP contribution >= 0.6 is 0 Å². The molecule has 2 saturated heterocycles. The van der Waals surface area contributed by atoms with Crippen molar-refractivity contribution in [2.24, 2.45) is 11.8 Å². The number of hydrogen-bond donors (Lipinski definition) is 1. The number of nitrogens with zero attached hydrogens (tertiary/aromatic N) is 3. The molecule has 1 saturated carbocycles. The van der Waals surface area contributed by atoms with Gasteiger partial charge in [-0.05, 0) is 48.1 Å². The van der Waals surface area contributed by atoms with Crippen LogP contribution in [0.15, 0.2) is 48.8 Å². The van der Waals surface area contributed by atoms with E-state index < -0.39 is 0 Å². The summed E-state index contributed by atoms with van der Waals surface area (Å²) in [6.07, 6.45) is 5.71. The maximum absolute atomic E-state index is 12.5. The van der Waals surface area contributed by atoms with E-state index in [1.54, 1.807) is 6.20 Å². The molecule has 2 aromatic rings. The van der Waals surface area contributed by atoms with Gasteiger partial charge in [0.1, 0.15) is 0 Å². The van der Waals surface area contributed by atoms with Crippen molar-refractivity contribution in [2.45, 2.75) is 31.6 Å². The first kappa shape index (κ1) is 19.1. The number of aromatic nitrogens is 1. The first-order chi connectivity index (χ1) is 14.6. The van der Waals surface area contributed by atoms with E-state index in [0.717, 1.165) is 44.7 Å². The van der Waals surface area contributed by atoms with Crippen LogP contribution in [0.2, 0.25) is 0 Å². The molecule has 3 heterocycles. The third-order valence-corrected chi connectivity index (χ3v) is 6.88. The molecule has 1 aliphatic carbocycles.